The molecule has 0 amide bonds. The van der Waals surface area contributed by atoms with Gasteiger partial charge in [-0.3, -0.25) is 4.90 Å². The average Bonchev–Trinajstić information content (AvgIpc) is 1.99. The molecule has 2 fully saturated rings. The van der Waals surface area contributed by atoms with Gasteiger partial charge in [0, 0.05) is 13.1 Å². The fourth-order valence-electron chi connectivity index (χ4n) is 2.01. The largest absolute Gasteiger partial charge is 0.390 e. The van der Waals surface area contributed by atoms with Crippen LogP contribution in [0.25, 0.3) is 0 Å². The average molecular weight is 192 g/mol. The Bertz CT molecular complexity index is 195. The zero-order valence-corrected chi connectivity index (χ0v) is 7.34. The van der Waals surface area contributed by atoms with Crippen LogP contribution >= 0.6 is 0 Å². The minimum atomic E-state index is -2.64. The van der Waals surface area contributed by atoms with Gasteiger partial charge in [0.1, 0.15) is 0 Å². The topological polar surface area (TPSA) is 35.5 Å². The van der Waals surface area contributed by atoms with E-state index in [1.165, 1.54) is 0 Å². The van der Waals surface area contributed by atoms with Crippen LogP contribution in [0.2, 0.25) is 0 Å². The predicted octanol–water partition coefficient (Wildman–Crippen LogP) is -0.340. The van der Waals surface area contributed by atoms with Crippen LogP contribution < -0.4 is 5.32 Å². The summed E-state index contributed by atoms with van der Waals surface area (Å²) in [4.78, 5) is 1.67. The molecule has 1 atom stereocenters. The van der Waals surface area contributed by atoms with Gasteiger partial charge in [0.25, 0.3) is 5.92 Å². The molecule has 3 nitrogen and oxygen atoms in total. The summed E-state index contributed by atoms with van der Waals surface area (Å²) in [6.07, 6.45) is 0.0744. The fourth-order valence-corrected chi connectivity index (χ4v) is 2.01. The van der Waals surface area contributed by atoms with Gasteiger partial charge in [-0.05, 0) is 13.0 Å². The molecule has 76 valence electrons. The lowest BCUT2D eigenvalue weighted by Crippen LogP contribution is -2.64. The highest BCUT2D eigenvalue weighted by atomic mass is 19.3. The first-order valence-electron chi connectivity index (χ1n) is 4.60. The van der Waals surface area contributed by atoms with Crippen LogP contribution in [0.1, 0.15) is 6.42 Å². The smallest absolute Gasteiger partial charge is 0.275 e. The van der Waals surface area contributed by atoms with Crippen LogP contribution in [0.3, 0.4) is 0 Å². The van der Waals surface area contributed by atoms with Crippen LogP contribution in [-0.4, -0.2) is 54.3 Å². The molecule has 0 aromatic rings. The zero-order valence-electron chi connectivity index (χ0n) is 7.34. The SMILES string of the molecule is OC1CN(C2CCNCC2(F)F)C1. The normalized spacial score (nSPS) is 35.8. The minimum Gasteiger partial charge on any atom is -0.390 e. The van der Waals surface area contributed by atoms with Gasteiger partial charge < -0.3 is 10.4 Å². The van der Waals surface area contributed by atoms with E-state index in [1.807, 2.05) is 0 Å². The molecular formula is C8H14F2N2O. The van der Waals surface area contributed by atoms with E-state index in [0.717, 1.165) is 0 Å². The Balaban J connectivity index is 1.96. The summed E-state index contributed by atoms with van der Waals surface area (Å²) >= 11 is 0. The van der Waals surface area contributed by atoms with Crippen LogP contribution in [0.5, 0.6) is 0 Å². The van der Waals surface area contributed by atoms with Crippen molar-refractivity contribution in [3.8, 4) is 0 Å². The Morgan fingerprint density at radius 1 is 1.38 bits per heavy atom. The molecule has 13 heavy (non-hydrogen) atoms. The van der Waals surface area contributed by atoms with Crippen molar-refractivity contribution >= 4 is 0 Å². The summed E-state index contributed by atoms with van der Waals surface area (Å²) in [5.41, 5.74) is 0. The maximum Gasteiger partial charge on any atom is 0.275 e. The summed E-state index contributed by atoms with van der Waals surface area (Å²) in [5, 5.41) is 11.7. The van der Waals surface area contributed by atoms with E-state index in [1.54, 1.807) is 4.90 Å². The molecule has 0 aromatic carbocycles. The van der Waals surface area contributed by atoms with Crippen LogP contribution in [0, 0.1) is 0 Å². The summed E-state index contributed by atoms with van der Waals surface area (Å²) in [5.74, 6) is -2.64. The molecule has 2 aliphatic rings. The van der Waals surface area contributed by atoms with Crippen LogP contribution in [-0.2, 0) is 0 Å². The predicted molar refractivity (Wildman–Crippen MR) is 43.8 cm³/mol. The number of nitrogens with one attached hydrogen (secondary N) is 1. The number of aliphatic hydroxyl groups is 1. The number of rotatable bonds is 1. The number of piperidine rings is 1. The maximum absolute atomic E-state index is 13.3. The first-order chi connectivity index (χ1) is 6.09. The van der Waals surface area contributed by atoms with Gasteiger partial charge in [-0.1, -0.05) is 0 Å². The molecule has 0 spiro atoms. The van der Waals surface area contributed by atoms with Gasteiger partial charge in [0.15, 0.2) is 0 Å². The van der Waals surface area contributed by atoms with Gasteiger partial charge >= 0.3 is 0 Å². The molecule has 5 heteroatoms. The Hall–Kier alpha value is -0.260. The number of aliphatic hydroxyl groups excluding tert-OH is 1. The van der Waals surface area contributed by atoms with E-state index in [2.05, 4.69) is 5.32 Å². The summed E-state index contributed by atoms with van der Waals surface area (Å²) in [7, 11) is 0. The second-order valence-corrected chi connectivity index (χ2v) is 3.85. The zero-order chi connectivity index (χ0) is 9.47. The summed E-state index contributed by atoms with van der Waals surface area (Å²) < 4.78 is 26.6. The molecular weight excluding hydrogens is 178 g/mol. The van der Waals surface area contributed by atoms with Crippen molar-refractivity contribution in [2.24, 2.45) is 0 Å². The minimum absolute atomic E-state index is 0.232. The van der Waals surface area contributed by atoms with Crippen molar-refractivity contribution in [3.63, 3.8) is 0 Å². The van der Waals surface area contributed by atoms with E-state index in [0.29, 0.717) is 26.1 Å². The number of nitrogens with zero attached hydrogens (tertiary/aromatic N) is 1. The molecule has 0 saturated carbocycles. The maximum atomic E-state index is 13.3. The molecule has 2 rings (SSSR count). The molecule has 1 unspecified atom stereocenters. The molecule has 2 N–H and O–H groups in total. The molecule has 2 saturated heterocycles. The number of alkyl halides is 2. The van der Waals surface area contributed by atoms with Crippen LogP contribution in [0.4, 0.5) is 8.78 Å². The Labute approximate surface area is 75.7 Å². The Morgan fingerprint density at radius 2 is 2.08 bits per heavy atom. The lowest BCUT2D eigenvalue weighted by atomic mass is 9.96. The van der Waals surface area contributed by atoms with Crippen molar-refractivity contribution in [2.75, 3.05) is 26.2 Å². The van der Waals surface area contributed by atoms with Crippen molar-refractivity contribution in [1.82, 2.24) is 10.2 Å². The van der Waals surface area contributed by atoms with E-state index < -0.39 is 18.1 Å². The van der Waals surface area contributed by atoms with Gasteiger partial charge in [0.2, 0.25) is 0 Å². The van der Waals surface area contributed by atoms with E-state index >= 15 is 0 Å². The second-order valence-electron chi connectivity index (χ2n) is 3.85. The molecule has 0 radical (unpaired) electrons. The number of hydrogen-bond donors (Lipinski definition) is 2. The first-order valence-corrected chi connectivity index (χ1v) is 4.60. The molecule has 0 aromatic heterocycles. The standard InChI is InChI=1S/C8H14F2N2O/c9-8(10)5-11-2-1-7(8)12-3-6(13)4-12/h6-7,11,13H,1-5H2. The van der Waals surface area contributed by atoms with Crippen molar-refractivity contribution < 1.29 is 13.9 Å². The monoisotopic (exact) mass is 192 g/mol. The van der Waals surface area contributed by atoms with Crippen molar-refractivity contribution in [2.45, 2.75) is 24.5 Å². The Morgan fingerprint density at radius 3 is 2.62 bits per heavy atom. The van der Waals surface area contributed by atoms with Gasteiger partial charge in [-0.2, -0.15) is 0 Å². The van der Waals surface area contributed by atoms with E-state index in [9.17, 15) is 8.78 Å². The highest BCUT2D eigenvalue weighted by Gasteiger charge is 2.47. The number of halogens is 2. The first kappa shape index (κ1) is 9.30. The third kappa shape index (κ3) is 1.68. The number of β-amino-alcohol motifs (C(OH)–C–C–N with tert-alkyl or cyclic N) is 1. The number of hydrogen-bond acceptors (Lipinski definition) is 3. The van der Waals surface area contributed by atoms with Gasteiger partial charge in [-0.15, -0.1) is 0 Å². The highest BCUT2D eigenvalue weighted by Crippen LogP contribution is 2.30. The second kappa shape index (κ2) is 3.15. The fraction of sp³-hybridized carbons (Fsp3) is 1.00. The number of likely N-dealkylation sites (tertiary alicyclic amines) is 1. The van der Waals surface area contributed by atoms with Crippen molar-refractivity contribution in [3.05, 3.63) is 0 Å². The highest BCUT2D eigenvalue weighted by molar-refractivity contribution is 4.96. The molecule has 0 bridgehead atoms. The third-order valence-electron chi connectivity index (χ3n) is 2.77. The lowest BCUT2D eigenvalue weighted by Gasteiger charge is -2.46. The quantitative estimate of drug-likeness (QED) is 0.596. The molecule has 2 heterocycles. The summed E-state index contributed by atoms with van der Waals surface area (Å²) in [6, 6.07) is -0.669. The molecule has 2 aliphatic heterocycles. The molecule has 0 aliphatic carbocycles. The summed E-state index contributed by atoms with van der Waals surface area (Å²) in [6.45, 7) is 1.22. The van der Waals surface area contributed by atoms with Gasteiger partial charge in [-0.25, -0.2) is 8.78 Å². The van der Waals surface area contributed by atoms with E-state index in [-0.39, 0.29) is 6.54 Å². The van der Waals surface area contributed by atoms with Gasteiger partial charge in [0.05, 0.1) is 18.7 Å². The Kier molecular flexibility index (Phi) is 2.25. The van der Waals surface area contributed by atoms with Crippen molar-refractivity contribution in [1.29, 1.82) is 0 Å². The lowest BCUT2D eigenvalue weighted by molar-refractivity contribution is -0.137. The third-order valence-corrected chi connectivity index (χ3v) is 2.77. The van der Waals surface area contributed by atoms with Crippen LogP contribution in [0.15, 0.2) is 0 Å². The van der Waals surface area contributed by atoms with E-state index in [4.69, 9.17) is 5.11 Å².